The molecule has 124 valence electrons. The van der Waals surface area contributed by atoms with Crippen LogP contribution in [0.3, 0.4) is 0 Å². The van der Waals surface area contributed by atoms with E-state index in [1.165, 1.54) is 25.3 Å². The van der Waals surface area contributed by atoms with Crippen molar-refractivity contribution in [2.75, 3.05) is 26.9 Å². The topological polar surface area (TPSA) is 65.0 Å². The normalized spacial score (nSPS) is 12.8. The highest BCUT2D eigenvalue weighted by molar-refractivity contribution is 6.32. The first-order valence-electron chi connectivity index (χ1n) is 6.06. The number of carbonyl (C=O) groups is 1. The molecule has 22 heavy (non-hydrogen) atoms. The van der Waals surface area contributed by atoms with E-state index in [1.807, 2.05) is 0 Å². The van der Waals surface area contributed by atoms with Gasteiger partial charge in [-0.2, -0.15) is 13.2 Å². The van der Waals surface area contributed by atoms with Crippen molar-refractivity contribution in [2.45, 2.75) is 12.3 Å². The number of esters is 1. The van der Waals surface area contributed by atoms with Crippen LogP contribution in [0, 0.1) is 0 Å². The molecule has 0 heterocycles. The Morgan fingerprint density at radius 3 is 2.59 bits per heavy atom. The van der Waals surface area contributed by atoms with Gasteiger partial charge in [-0.3, -0.25) is 0 Å². The fourth-order valence-corrected chi connectivity index (χ4v) is 1.64. The van der Waals surface area contributed by atoms with Crippen LogP contribution in [0.1, 0.15) is 10.4 Å². The molecule has 5 nitrogen and oxygen atoms in total. The average molecular weight is 343 g/mol. The molecule has 1 aromatic carbocycles. The molecule has 0 saturated carbocycles. The Kier molecular flexibility index (Phi) is 6.92. The summed E-state index contributed by atoms with van der Waals surface area (Å²) in [5, 5.41) is 9.55. The number of methoxy groups -OCH3 is 1. The lowest BCUT2D eigenvalue weighted by molar-refractivity contribution is -0.179. The molecule has 9 heteroatoms. The molecule has 0 bridgehead atoms. The molecule has 1 N–H and O–H groups in total. The maximum atomic E-state index is 11.8. The highest BCUT2D eigenvalue weighted by Gasteiger charge is 2.27. The van der Waals surface area contributed by atoms with Gasteiger partial charge in [0.05, 0.1) is 24.3 Å². The number of ether oxygens (including phenoxy) is 3. The van der Waals surface area contributed by atoms with Gasteiger partial charge in [-0.15, -0.1) is 0 Å². The Morgan fingerprint density at radius 1 is 1.36 bits per heavy atom. The molecule has 0 amide bonds. The van der Waals surface area contributed by atoms with E-state index < -0.39 is 31.5 Å². The Hall–Kier alpha value is -1.51. The van der Waals surface area contributed by atoms with Crippen LogP contribution >= 0.6 is 11.6 Å². The van der Waals surface area contributed by atoms with Crippen LogP contribution in [-0.4, -0.2) is 50.3 Å². The molecule has 0 aliphatic carbocycles. The van der Waals surface area contributed by atoms with Crippen molar-refractivity contribution in [1.82, 2.24) is 0 Å². The monoisotopic (exact) mass is 342 g/mol. The SMILES string of the molecule is COC(=O)c1ccc(OCC(O)COCC(F)(F)F)c(Cl)c1. The predicted octanol–water partition coefficient (Wildman–Crippen LogP) is 2.45. The van der Waals surface area contributed by atoms with E-state index in [9.17, 15) is 23.1 Å². The van der Waals surface area contributed by atoms with Crippen LogP contribution in [0.2, 0.25) is 5.02 Å². The maximum Gasteiger partial charge on any atom is 0.411 e. The molecule has 0 aromatic heterocycles. The molecule has 1 atom stereocenters. The first kappa shape index (κ1) is 18.5. The fourth-order valence-electron chi connectivity index (χ4n) is 1.41. The second-order valence-corrected chi connectivity index (χ2v) is 4.64. The predicted molar refractivity (Wildman–Crippen MR) is 71.2 cm³/mol. The highest BCUT2D eigenvalue weighted by Crippen LogP contribution is 2.26. The third-order valence-corrected chi connectivity index (χ3v) is 2.66. The quantitative estimate of drug-likeness (QED) is 0.771. The zero-order valence-electron chi connectivity index (χ0n) is 11.5. The van der Waals surface area contributed by atoms with Gasteiger partial charge < -0.3 is 19.3 Å². The van der Waals surface area contributed by atoms with E-state index in [4.69, 9.17) is 16.3 Å². The Bertz CT molecular complexity index is 507. The molecular formula is C13H14ClF3O5. The van der Waals surface area contributed by atoms with Crippen molar-refractivity contribution >= 4 is 17.6 Å². The minimum atomic E-state index is -4.45. The number of aliphatic hydroxyl groups excluding tert-OH is 1. The number of aliphatic hydroxyl groups is 1. The maximum absolute atomic E-state index is 11.8. The summed E-state index contributed by atoms with van der Waals surface area (Å²) < 4.78 is 49.5. The van der Waals surface area contributed by atoms with E-state index in [-0.39, 0.29) is 22.9 Å². The van der Waals surface area contributed by atoms with Crippen molar-refractivity contribution in [3.05, 3.63) is 28.8 Å². The molecular weight excluding hydrogens is 329 g/mol. The van der Waals surface area contributed by atoms with Crippen LogP contribution in [0.25, 0.3) is 0 Å². The smallest absolute Gasteiger partial charge is 0.411 e. The van der Waals surface area contributed by atoms with Gasteiger partial charge in [0.15, 0.2) is 0 Å². The van der Waals surface area contributed by atoms with E-state index in [0.29, 0.717) is 0 Å². The van der Waals surface area contributed by atoms with Gasteiger partial charge in [0.1, 0.15) is 25.1 Å². The number of rotatable bonds is 7. The van der Waals surface area contributed by atoms with Crippen molar-refractivity contribution in [2.24, 2.45) is 0 Å². The molecule has 1 unspecified atom stereocenters. The lowest BCUT2D eigenvalue weighted by Crippen LogP contribution is -2.27. The molecule has 0 radical (unpaired) electrons. The number of carbonyl (C=O) groups excluding carboxylic acids is 1. The average Bonchev–Trinajstić information content (AvgIpc) is 2.43. The fraction of sp³-hybridized carbons (Fsp3) is 0.462. The Balaban J connectivity index is 2.46. The minimum Gasteiger partial charge on any atom is -0.489 e. The lowest BCUT2D eigenvalue weighted by Gasteiger charge is -2.14. The Labute approximate surface area is 129 Å². The van der Waals surface area contributed by atoms with Gasteiger partial charge in [0.25, 0.3) is 0 Å². The summed E-state index contributed by atoms with van der Waals surface area (Å²) in [5.74, 6) is -0.404. The summed E-state index contributed by atoms with van der Waals surface area (Å²) in [6.45, 7) is -2.29. The van der Waals surface area contributed by atoms with Gasteiger partial charge in [-0.25, -0.2) is 4.79 Å². The third kappa shape index (κ3) is 6.50. The first-order chi connectivity index (χ1) is 10.2. The van der Waals surface area contributed by atoms with E-state index in [2.05, 4.69) is 9.47 Å². The zero-order chi connectivity index (χ0) is 16.8. The first-order valence-corrected chi connectivity index (χ1v) is 6.44. The molecule has 0 spiro atoms. The van der Waals surface area contributed by atoms with Gasteiger partial charge in [-0.1, -0.05) is 11.6 Å². The summed E-state index contributed by atoms with van der Waals surface area (Å²) in [6.07, 6.45) is -5.70. The lowest BCUT2D eigenvalue weighted by atomic mass is 10.2. The zero-order valence-corrected chi connectivity index (χ0v) is 12.3. The number of hydrogen-bond acceptors (Lipinski definition) is 5. The number of alkyl halides is 3. The number of hydrogen-bond donors (Lipinski definition) is 1. The molecule has 1 rings (SSSR count). The van der Waals surface area contributed by atoms with Crippen molar-refractivity contribution in [1.29, 1.82) is 0 Å². The van der Waals surface area contributed by atoms with Gasteiger partial charge >= 0.3 is 12.1 Å². The molecule has 0 saturated heterocycles. The molecule has 0 aliphatic rings. The van der Waals surface area contributed by atoms with Crippen LogP contribution in [0.5, 0.6) is 5.75 Å². The molecule has 0 fully saturated rings. The second-order valence-electron chi connectivity index (χ2n) is 4.23. The largest absolute Gasteiger partial charge is 0.489 e. The van der Waals surface area contributed by atoms with E-state index in [0.717, 1.165) is 0 Å². The van der Waals surface area contributed by atoms with Gasteiger partial charge in [0, 0.05) is 0 Å². The highest BCUT2D eigenvalue weighted by atomic mass is 35.5. The van der Waals surface area contributed by atoms with Gasteiger partial charge in [-0.05, 0) is 18.2 Å². The van der Waals surface area contributed by atoms with Crippen molar-refractivity contribution in [3.8, 4) is 5.75 Å². The number of benzene rings is 1. The standard InChI is InChI=1S/C13H14ClF3O5/c1-20-12(19)8-2-3-11(10(14)4-8)22-6-9(18)5-21-7-13(15,16)17/h2-4,9,18H,5-7H2,1H3. The van der Waals surface area contributed by atoms with E-state index >= 15 is 0 Å². The molecule has 1 aromatic rings. The second kappa shape index (κ2) is 8.21. The Morgan fingerprint density at radius 2 is 2.05 bits per heavy atom. The summed E-state index contributed by atoms with van der Waals surface area (Å²) in [5.41, 5.74) is 0.217. The minimum absolute atomic E-state index is 0.103. The summed E-state index contributed by atoms with van der Waals surface area (Å²) in [7, 11) is 1.22. The van der Waals surface area contributed by atoms with Crippen LogP contribution < -0.4 is 4.74 Å². The van der Waals surface area contributed by atoms with Crippen molar-refractivity contribution in [3.63, 3.8) is 0 Å². The molecule has 0 aliphatic heterocycles. The summed E-state index contributed by atoms with van der Waals surface area (Å²) >= 11 is 5.88. The number of halogens is 4. The third-order valence-electron chi connectivity index (χ3n) is 2.36. The van der Waals surface area contributed by atoms with E-state index in [1.54, 1.807) is 0 Å². The van der Waals surface area contributed by atoms with Crippen molar-refractivity contribution < 1.29 is 37.3 Å². The summed E-state index contributed by atoms with van der Waals surface area (Å²) in [4.78, 5) is 11.3. The van der Waals surface area contributed by atoms with Crippen LogP contribution in [0.4, 0.5) is 13.2 Å². The van der Waals surface area contributed by atoms with Gasteiger partial charge in [0.2, 0.25) is 0 Å². The van der Waals surface area contributed by atoms with Crippen LogP contribution in [-0.2, 0) is 9.47 Å². The van der Waals surface area contributed by atoms with Crippen LogP contribution in [0.15, 0.2) is 18.2 Å². The summed E-state index contributed by atoms with van der Waals surface area (Å²) in [6, 6.07) is 4.10.